The number of nitrogens with two attached hydrogens (primary N) is 1. The lowest BCUT2D eigenvalue weighted by molar-refractivity contribution is 0.682. The standard InChI is InChI=1S/C12H13NOS2/c13-10-3-1-5-12(9-10)16(14)8-6-11-4-2-7-15-11/h1-5,7,9H,6,8,13H2. The average molecular weight is 251 g/mol. The van der Waals surface area contributed by atoms with Gasteiger partial charge in [0.15, 0.2) is 0 Å². The fourth-order valence-electron chi connectivity index (χ4n) is 1.42. The molecule has 1 aromatic heterocycles. The van der Waals surface area contributed by atoms with Gasteiger partial charge in [-0.1, -0.05) is 12.1 Å². The molecule has 1 atom stereocenters. The fourth-order valence-corrected chi connectivity index (χ4v) is 3.40. The molecule has 2 nitrogen and oxygen atoms in total. The van der Waals surface area contributed by atoms with Gasteiger partial charge in [-0.3, -0.25) is 4.21 Å². The third-order valence-corrected chi connectivity index (χ3v) is 4.53. The van der Waals surface area contributed by atoms with Crippen LogP contribution >= 0.6 is 11.3 Å². The molecule has 0 saturated heterocycles. The van der Waals surface area contributed by atoms with Crippen LogP contribution in [0.3, 0.4) is 0 Å². The van der Waals surface area contributed by atoms with E-state index in [0.29, 0.717) is 11.4 Å². The van der Waals surface area contributed by atoms with Gasteiger partial charge in [-0.25, -0.2) is 0 Å². The highest BCUT2D eigenvalue weighted by atomic mass is 32.2. The summed E-state index contributed by atoms with van der Waals surface area (Å²) in [6.07, 6.45) is 0.860. The minimum absolute atomic E-state index is 0.657. The van der Waals surface area contributed by atoms with Crippen molar-refractivity contribution in [3.05, 3.63) is 46.7 Å². The van der Waals surface area contributed by atoms with Gasteiger partial charge in [0.25, 0.3) is 0 Å². The van der Waals surface area contributed by atoms with Crippen LogP contribution in [0.4, 0.5) is 5.69 Å². The van der Waals surface area contributed by atoms with Crippen LogP contribution in [0, 0.1) is 0 Å². The van der Waals surface area contributed by atoms with Gasteiger partial charge in [0.05, 0.1) is 10.8 Å². The predicted octanol–water partition coefficient (Wildman–Crippen LogP) is 2.68. The minimum atomic E-state index is -0.952. The molecule has 1 unspecified atom stereocenters. The lowest BCUT2D eigenvalue weighted by Gasteiger charge is -2.02. The summed E-state index contributed by atoms with van der Waals surface area (Å²) in [6, 6.07) is 11.4. The fraction of sp³-hybridized carbons (Fsp3) is 0.167. The van der Waals surface area contributed by atoms with Crippen molar-refractivity contribution in [3.63, 3.8) is 0 Å². The Morgan fingerprint density at radius 2 is 2.12 bits per heavy atom. The van der Waals surface area contributed by atoms with E-state index >= 15 is 0 Å². The summed E-state index contributed by atoms with van der Waals surface area (Å²) in [6.45, 7) is 0. The van der Waals surface area contributed by atoms with Gasteiger partial charge in [0.2, 0.25) is 0 Å². The van der Waals surface area contributed by atoms with Gasteiger partial charge in [-0.05, 0) is 36.1 Å². The normalized spacial score (nSPS) is 12.5. The van der Waals surface area contributed by atoms with Crippen LogP contribution < -0.4 is 5.73 Å². The molecule has 0 saturated carbocycles. The van der Waals surface area contributed by atoms with Gasteiger partial charge in [-0.2, -0.15) is 0 Å². The van der Waals surface area contributed by atoms with E-state index in [4.69, 9.17) is 5.73 Å². The van der Waals surface area contributed by atoms with Crippen molar-refractivity contribution in [2.75, 3.05) is 11.5 Å². The zero-order valence-electron chi connectivity index (χ0n) is 8.76. The van der Waals surface area contributed by atoms with Crippen LogP contribution in [0.1, 0.15) is 4.88 Å². The molecule has 0 fully saturated rings. The molecular weight excluding hydrogens is 238 g/mol. The molecule has 1 aromatic carbocycles. The molecule has 0 radical (unpaired) electrons. The second kappa shape index (κ2) is 5.27. The molecule has 0 bridgehead atoms. The van der Waals surface area contributed by atoms with Crippen molar-refractivity contribution in [2.24, 2.45) is 0 Å². The number of rotatable bonds is 4. The van der Waals surface area contributed by atoms with Gasteiger partial charge in [-0.15, -0.1) is 11.3 Å². The maximum atomic E-state index is 12.0. The monoisotopic (exact) mass is 251 g/mol. The molecule has 0 amide bonds. The van der Waals surface area contributed by atoms with Crippen molar-refractivity contribution in [2.45, 2.75) is 11.3 Å². The third kappa shape index (κ3) is 2.93. The summed E-state index contributed by atoms with van der Waals surface area (Å²) in [7, 11) is -0.952. The molecule has 0 aliphatic rings. The highest BCUT2D eigenvalue weighted by Crippen LogP contribution is 2.14. The van der Waals surface area contributed by atoms with Crippen LogP contribution in [0.2, 0.25) is 0 Å². The lowest BCUT2D eigenvalue weighted by atomic mass is 10.3. The van der Waals surface area contributed by atoms with Crippen molar-refractivity contribution < 1.29 is 4.21 Å². The van der Waals surface area contributed by atoms with Gasteiger partial charge in [0, 0.05) is 21.2 Å². The summed E-state index contributed by atoms with van der Waals surface area (Å²) < 4.78 is 12.0. The molecule has 4 heteroatoms. The molecule has 2 rings (SSSR count). The molecule has 16 heavy (non-hydrogen) atoms. The van der Waals surface area contributed by atoms with Crippen molar-refractivity contribution >= 4 is 27.8 Å². The number of hydrogen-bond donors (Lipinski definition) is 1. The lowest BCUT2D eigenvalue weighted by Crippen LogP contribution is -2.01. The highest BCUT2D eigenvalue weighted by molar-refractivity contribution is 7.85. The van der Waals surface area contributed by atoms with E-state index in [0.717, 1.165) is 11.3 Å². The van der Waals surface area contributed by atoms with Crippen LogP contribution in [0.5, 0.6) is 0 Å². The van der Waals surface area contributed by atoms with Gasteiger partial charge in [0.1, 0.15) is 0 Å². The van der Waals surface area contributed by atoms with E-state index in [1.165, 1.54) is 4.88 Å². The zero-order chi connectivity index (χ0) is 11.4. The molecule has 0 aliphatic heterocycles. The largest absolute Gasteiger partial charge is 0.399 e. The number of benzene rings is 1. The van der Waals surface area contributed by atoms with E-state index in [1.807, 2.05) is 23.6 Å². The first-order valence-electron chi connectivity index (χ1n) is 5.02. The van der Waals surface area contributed by atoms with Crippen molar-refractivity contribution in [1.82, 2.24) is 0 Å². The van der Waals surface area contributed by atoms with Crippen LogP contribution in [0.15, 0.2) is 46.7 Å². The third-order valence-electron chi connectivity index (χ3n) is 2.23. The minimum Gasteiger partial charge on any atom is -0.399 e. The SMILES string of the molecule is Nc1cccc(S(=O)CCc2cccs2)c1. The molecule has 2 N–H and O–H groups in total. The van der Waals surface area contributed by atoms with Crippen LogP contribution in [0.25, 0.3) is 0 Å². The van der Waals surface area contributed by atoms with E-state index in [1.54, 1.807) is 23.5 Å². The maximum Gasteiger partial charge on any atom is 0.0533 e. The highest BCUT2D eigenvalue weighted by Gasteiger charge is 2.04. The van der Waals surface area contributed by atoms with Gasteiger partial charge >= 0.3 is 0 Å². The van der Waals surface area contributed by atoms with Crippen molar-refractivity contribution in [3.8, 4) is 0 Å². The number of aryl methyl sites for hydroxylation is 1. The second-order valence-electron chi connectivity index (χ2n) is 3.45. The van der Waals surface area contributed by atoms with E-state index in [9.17, 15) is 4.21 Å². The molecule has 0 aliphatic carbocycles. The Kier molecular flexibility index (Phi) is 3.74. The first kappa shape index (κ1) is 11.4. The zero-order valence-corrected chi connectivity index (χ0v) is 10.4. The number of hydrogen-bond acceptors (Lipinski definition) is 3. The first-order chi connectivity index (χ1) is 7.75. The molecule has 2 aromatic rings. The van der Waals surface area contributed by atoms with Crippen LogP contribution in [-0.4, -0.2) is 9.96 Å². The number of nitrogen functional groups attached to an aromatic ring is 1. The summed E-state index contributed by atoms with van der Waals surface area (Å²) in [5.74, 6) is 0.657. The van der Waals surface area contributed by atoms with E-state index in [-0.39, 0.29) is 0 Å². The molecule has 84 valence electrons. The number of thiophene rings is 1. The average Bonchev–Trinajstić information content (AvgIpc) is 2.78. The molecule has 0 spiro atoms. The Hall–Kier alpha value is -1.13. The smallest absolute Gasteiger partial charge is 0.0533 e. The quantitative estimate of drug-likeness (QED) is 0.849. The van der Waals surface area contributed by atoms with Crippen molar-refractivity contribution in [1.29, 1.82) is 0 Å². The Morgan fingerprint density at radius 3 is 2.81 bits per heavy atom. The summed E-state index contributed by atoms with van der Waals surface area (Å²) in [5.41, 5.74) is 6.32. The van der Waals surface area contributed by atoms with Gasteiger partial charge < -0.3 is 5.73 Å². The second-order valence-corrected chi connectivity index (χ2v) is 6.05. The summed E-state index contributed by atoms with van der Waals surface area (Å²) in [4.78, 5) is 2.09. The Morgan fingerprint density at radius 1 is 1.25 bits per heavy atom. The van der Waals surface area contributed by atoms with Crippen LogP contribution in [-0.2, 0) is 17.2 Å². The predicted molar refractivity (Wildman–Crippen MR) is 70.2 cm³/mol. The number of anilines is 1. The summed E-state index contributed by atoms with van der Waals surface area (Å²) in [5, 5.41) is 2.04. The Balaban J connectivity index is 1.98. The Labute approximate surface area is 102 Å². The van der Waals surface area contributed by atoms with E-state index in [2.05, 4.69) is 6.07 Å². The molecular formula is C12H13NOS2. The molecule has 1 heterocycles. The Bertz CT molecular complexity index is 480. The first-order valence-corrected chi connectivity index (χ1v) is 7.22. The van der Waals surface area contributed by atoms with E-state index < -0.39 is 10.8 Å². The summed E-state index contributed by atoms with van der Waals surface area (Å²) >= 11 is 1.70. The topological polar surface area (TPSA) is 43.1 Å². The maximum absolute atomic E-state index is 12.0.